The highest BCUT2D eigenvalue weighted by Gasteiger charge is 2.43. The third-order valence-electron chi connectivity index (χ3n) is 3.77. The predicted octanol–water partition coefficient (Wildman–Crippen LogP) is 3.32. The van der Waals surface area contributed by atoms with Gasteiger partial charge in [0.25, 0.3) is 0 Å². The molecule has 112 valence electrons. The second kappa shape index (κ2) is 5.16. The highest BCUT2D eigenvalue weighted by Crippen LogP contribution is 2.47. The summed E-state index contributed by atoms with van der Waals surface area (Å²) in [4.78, 5) is 0. The van der Waals surface area contributed by atoms with Gasteiger partial charge in [0.15, 0.2) is 11.5 Å². The number of hydrogen-bond donors (Lipinski definition) is 1. The Morgan fingerprint density at radius 1 is 1.20 bits per heavy atom. The third-order valence-corrected chi connectivity index (χ3v) is 3.77. The summed E-state index contributed by atoms with van der Waals surface area (Å²) in [6.07, 6.45) is -2.98. The summed E-state index contributed by atoms with van der Waals surface area (Å²) in [5.41, 5.74) is -1.30. The maximum Gasteiger partial charge on any atom is 0.416 e. The molecular weight excluding hydrogens is 271 g/mol. The zero-order valence-corrected chi connectivity index (χ0v) is 11.7. The molecule has 1 aromatic rings. The average molecular weight is 289 g/mol. The second-order valence-corrected chi connectivity index (χ2v) is 5.08. The van der Waals surface area contributed by atoms with Crippen LogP contribution in [0, 0.1) is 0 Å². The van der Waals surface area contributed by atoms with E-state index < -0.39 is 17.3 Å². The number of halogens is 3. The number of rotatable bonds is 3. The van der Waals surface area contributed by atoms with E-state index in [1.807, 2.05) is 0 Å². The molecule has 1 fully saturated rings. The molecule has 0 saturated carbocycles. The van der Waals surface area contributed by atoms with Crippen LogP contribution in [0.3, 0.4) is 0 Å². The van der Waals surface area contributed by atoms with Crippen molar-refractivity contribution >= 4 is 0 Å². The number of methoxy groups -OCH3 is 2. The quantitative estimate of drug-likeness (QED) is 0.926. The lowest BCUT2D eigenvalue weighted by Crippen LogP contribution is -2.36. The molecule has 6 heteroatoms. The number of hydrogen-bond acceptors (Lipinski definition) is 3. The minimum absolute atomic E-state index is 0.129. The summed E-state index contributed by atoms with van der Waals surface area (Å²) >= 11 is 0. The molecule has 1 atom stereocenters. The minimum Gasteiger partial charge on any atom is -0.493 e. The summed E-state index contributed by atoms with van der Waals surface area (Å²) < 4.78 is 50.2. The summed E-state index contributed by atoms with van der Waals surface area (Å²) in [7, 11) is 2.78. The van der Waals surface area contributed by atoms with Crippen LogP contribution >= 0.6 is 0 Å². The normalized spacial score (nSPS) is 22.9. The first kappa shape index (κ1) is 15.0. The van der Waals surface area contributed by atoms with E-state index in [9.17, 15) is 13.2 Å². The maximum atomic E-state index is 13.3. The lowest BCUT2D eigenvalue weighted by Gasteiger charge is -2.31. The van der Waals surface area contributed by atoms with E-state index in [1.54, 1.807) is 6.92 Å². The number of nitrogens with one attached hydrogen (secondary N) is 1. The molecule has 1 N–H and O–H groups in total. The van der Waals surface area contributed by atoms with Crippen molar-refractivity contribution < 1.29 is 22.6 Å². The Labute approximate surface area is 116 Å². The first-order valence-corrected chi connectivity index (χ1v) is 6.41. The van der Waals surface area contributed by atoms with E-state index >= 15 is 0 Å². The van der Waals surface area contributed by atoms with Crippen molar-refractivity contribution in [3.63, 3.8) is 0 Å². The fraction of sp³-hybridized carbons (Fsp3) is 0.571. The van der Waals surface area contributed by atoms with Crippen molar-refractivity contribution in [2.24, 2.45) is 0 Å². The molecule has 2 rings (SSSR count). The minimum atomic E-state index is -4.43. The molecule has 1 saturated heterocycles. The molecular formula is C14H18F3NO2. The SMILES string of the molecule is COc1ccc(C(F)(F)F)c(C2(C)CCCN2)c1OC. The molecule has 0 aliphatic carbocycles. The Morgan fingerprint density at radius 3 is 2.35 bits per heavy atom. The van der Waals surface area contributed by atoms with Crippen molar-refractivity contribution in [2.75, 3.05) is 20.8 Å². The van der Waals surface area contributed by atoms with E-state index in [2.05, 4.69) is 5.32 Å². The molecule has 1 unspecified atom stereocenters. The van der Waals surface area contributed by atoms with Crippen LogP contribution in [0.4, 0.5) is 13.2 Å². The van der Waals surface area contributed by atoms with Gasteiger partial charge >= 0.3 is 6.18 Å². The van der Waals surface area contributed by atoms with Gasteiger partial charge in [0.05, 0.1) is 19.8 Å². The lowest BCUT2D eigenvalue weighted by molar-refractivity contribution is -0.139. The van der Waals surface area contributed by atoms with E-state index in [0.717, 1.165) is 12.5 Å². The van der Waals surface area contributed by atoms with Crippen LogP contribution in [0.25, 0.3) is 0 Å². The largest absolute Gasteiger partial charge is 0.493 e. The van der Waals surface area contributed by atoms with E-state index in [-0.39, 0.29) is 11.3 Å². The molecule has 0 bridgehead atoms. The molecule has 20 heavy (non-hydrogen) atoms. The Bertz CT molecular complexity index is 494. The average Bonchev–Trinajstić information content (AvgIpc) is 2.83. The van der Waals surface area contributed by atoms with Crippen LogP contribution in [0.1, 0.15) is 30.9 Å². The van der Waals surface area contributed by atoms with Gasteiger partial charge in [-0.1, -0.05) is 0 Å². The first-order chi connectivity index (χ1) is 9.33. The van der Waals surface area contributed by atoms with Gasteiger partial charge in [-0.3, -0.25) is 0 Å². The van der Waals surface area contributed by atoms with Gasteiger partial charge in [0, 0.05) is 11.1 Å². The smallest absolute Gasteiger partial charge is 0.416 e. The van der Waals surface area contributed by atoms with Crippen LogP contribution in [-0.4, -0.2) is 20.8 Å². The molecule has 0 spiro atoms. The number of ether oxygens (including phenoxy) is 2. The fourth-order valence-corrected chi connectivity index (χ4v) is 2.82. The molecule has 3 nitrogen and oxygen atoms in total. The summed E-state index contributed by atoms with van der Waals surface area (Å²) in [6.45, 7) is 2.46. The van der Waals surface area contributed by atoms with Gasteiger partial charge in [-0.15, -0.1) is 0 Å². The van der Waals surface area contributed by atoms with Crippen LogP contribution in [0.5, 0.6) is 11.5 Å². The zero-order chi connectivity index (χ0) is 15.0. The number of alkyl halides is 3. The predicted molar refractivity (Wildman–Crippen MR) is 69.1 cm³/mol. The second-order valence-electron chi connectivity index (χ2n) is 5.08. The van der Waals surface area contributed by atoms with Crippen molar-refractivity contribution in [1.82, 2.24) is 5.32 Å². The molecule has 1 aliphatic heterocycles. The molecule has 1 heterocycles. The van der Waals surface area contributed by atoms with Gasteiger partial charge in [-0.05, 0) is 38.4 Å². The zero-order valence-electron chi connectivity index (χ0n) is 11.7. The third kappa shape index (κ3) is 2.44. The molecule has 0 amide bonds. The van der Waals surface area contributed by atoms with Crippen LogP contribution in [-0.2, 0) is 11.7 Å². The molecule has 0 aromatic heterocycles. The first-order valence-electron chi connectivity index (χ1n) is 6.41. The van der Waals surface area contributed by atoms with Gasteiger partial charge < -0.3 is 14.8 Å². The topological polar surface area (TPSA) is 30.5 Å². The Hall–Kier alpha value is -1.43. The highest BCUT2D eigenvalue weighted by molar-refractivity contribution is 5.55. The lowest BCUT2D eigenvalue weighted by atomic mass is 9.85. The summed E-state index contributed by atoms with van der Waals surface area (Å²) in [5.74, 6) is 0.463. The van der Waals surface area contributed by atoms with Crippen molar-refractivity contribution in [1.29, 1.82) is 0 Å². The maximum absolute atomic E-state index is 13.3. The van der Waals surface area contributed by atoms with Crippen molar-refractivity contribution in [3.8, 4) is 11.5 Å². The van der Waals surface area contributed by atoms with Gasteiger partial charge in [-0.25, -0.2) is 0 Å². The fourth-order valence-electron chi connectivity index (χ4n) is 2.82. The molecule has 1 aliphatic rings. The Morgan fingerprint density at radius 2 is 1.90 bits per heavy atom. The summed E-state index contributed by atoms with van der Waals surface area (Å²) in [5, 5.41) is 3.15. The van der Waals surface area contributed by atoms with Gasteiger partial charge in [0.1, 0.15) is 0 Å². The van der Waals surface area contributed by atoms with Gasteiger partial charge in [0.2, 0.25) is 0 Å². The van der Waals surface area contributed by atoms with Crippen LogP contribution in [0.2, 0.25) is 0 Å². The van der Waals surface area contributed by atoms with Crippen LogP contribution < -0.4 is 14.8 Å². The summed E-state index contributed by atoms with van der Waals surface area (Å²) in [6, 6.07) is 2.35. The number of benzene rings is 1. The molecule has 1 aromatic carbocycles. The molecule has 0 radical (unpaired) electrons. The highest BCUT2D eigenvalue weighted by atomic mass is 19.4. The van der Waals surface area contributed by atoms with Gasteiger partial charge in [-0.2, -0.15) is 13.2 Å². The van der Waals surface area contributed by atoms with Crippen molar-refractivity contribution in [3.05, 3.63) is 23.3 Å². The van der Waals surface area contributed by atoms with E-state index in [4.69, 9.17) is 9.47 Å². The van der Waals surface area contributed by atoms with Crippen LogP contribution in [0.15, 0.2) is 12.1 Å². The van der Waals surface area contributed by atoms with E-state index in [0.29, 0.717) is 18.7 Å². The van der Waals surface area contributed by atoms with Crippen molar-refractivity contribution in [2.45, 2.75) is 31.5 Å². The van der Waals surface area contributed by atoms with E-state index in [1.165, 1.54) is 20.3 Å². The Kier molecular flexibility index (Phi) is 3.86. The monoisotopic (exact) mass is 289 g/mol. The standard InChI is InChI=1S/C14H18F3NO2/c1-13(7-4-8-18-13)11-9(14(15,16)17)5-6-10(19-2)12(11)20-3/h5-6,18H,4,7-8H2,1-3H3. The Balaban J connectivity index is 2.71.